The Morgan fingerprint density at radius 2 is 1.83 bits per heavy atom. The summed E-state index contributed by atoms with van der Waals surface area (Å²) in [6.07, 6.45) is 3.90. The minimum absolute atomic E-state index is 0.202. The zero-order chi connectivity index (χ0) is 13.2. The van der Waals surface area contributed by atoms with Gasteiger partial charge < -0.3 is 5.32 Å². The van der Waals surface area contributed by atoms with Crippen LogP contribution in [0.15, 0.2) is 0 Å². The summed E-state index contributed by atoms with van der Waals surface area (Å²) in [6.45, 7) is 6.59. The van der Waals surface area contributed by atoms with Gasteiger partial charge in [-0.25, -0.2) is 0 Å². The minimum atomic E-state index is -3.22. The molecule has 2 fully saturated rings. The number of nitrogens with one attached hydrogen (secondary N) is 2. The number of piperidine rings is 1. The molecule has 0 aromatic rings. The zero-order valence-corrected chi connectivity index (χ0v) is 12.2. The molecule has 1 aliphatic heterocycles. The summed E-state index contributed by atoms with van der Waals surface area (Å²) >= 11 is 0. The molecular weight excluding hydrogens is 250 g/mol. The average Bonchev–Trinajstić information content (AvgIpc) is 3.13. The predicted molar refractivity (Wildman–Crippen MR) is 72.5 cm³/mol. The van der Waals surface area contributed by atoms with E-state index in [1.807, 2.05) is 0 Å². The van der Waals surface area contributed by atoms with Gasteiger partial charge >= 0.3 is 0 Å². The molecule has 18 heavy (non-hydrogen) atoms. The van der Waals surface area contributed by atoms with Crippen LogP contribution in [0.1, 0.15) is 39.5 Å². The van der Waals surface area contributed by atoms with E-state index in [0.717, 1.165) is 32.2 Å². The van der Waals surface area contributed by atoms with Crippen molar-refractivity contribution in [3.8, 4) is 0 Å². The molecule has 1 atom stereocenters. The molecule has 1 heterocycles. The Morgan fingerprint density at radius 3 is 2.33 bits per heavy atom. The van der Waals surface area contributed by atoms with E-state index in [9.17, 15) is 8.42 Å². The predicted octanol–water partition coefficient (Wildman–Crippen LogP) is 0.693. The molecule has 1 aliphatic carbocycles. The highest BCUT2D eigenvalue weighted by Crippen LogP contribution is 2.25. The maximum absolute atomic E-state index is 12.0. The molecule has 2 aliphatic rings. The minimum Gasteiger partial charge on any atom is -0.314 e. The SMILES string of the molecule is CCNC(C)C1CCN(S(=O)(=O)NC2CC2)CC1. The fourth-order valence-corrected chi connectivity index (χ4v) is 4.09. The first-order valence-corrected chi connectivity index (χ1v) is 8.47. The zero-order valence-electron chi connectivity index (χ0n) is 11.4. The Morgan fingerprint density at radius 1 is 1.22 bits per heavy atom. The van der Waals surface area contributed by atoms with E-state index < -0.39 is 10.2 Å². The first kappa shape index (κ1) is 14.2. The molecule has 1 unspecified atom stereocenters. The van der Waals surface area contributed by atoms with E-state index in [-0.39, 0.29) is 6.04 Å². The van der Waals surface area contributed by atoms with Crippen molar-refractivity contribution in [3.63, 3.8) is 0 Å². The summed E-state index contributed by atoms with van der Waals surface area (Å²) < 4.78 is 28.4. The van der Waals surface area contributed by atoms with E-state index in [4.69, 9.17) is 0 Å². The van der Waals surface area contributed by atoms with Crippen LogP contribution in [0.25, 0.3) is 0 Å². The van der Waals surface area contributed by atoms with Crippen molar-refractivity contribution < 1.29 is 8.42 Å². The van der Waals surface area contributed by atoms with Crippen molar-refractivity contribution in [2.75, 3.05) is 19.6 Å². The van der Waals surface area contributed by atoms with E-state index in [2.05, 4.69) is 23.9 Å². The second-order valence-electron chi connectivity index (χ2n) is 5.48. The molecule has 0 bridgehead atoms. The lowest BCUT2D eigenvalue weighted by molar-refractivity contribution is 0.231. The van der Waals surface area contributed by atoms with Gasteiger partial charge in [-0.1, -0.05) is 6.92 Å². The van der Waals surface area contributed by atoms with Crippen LogP contribution in [0.4, 0.5) is 0 Å². The second kappa shape index (κ2) is 5.86. The van der Waals surface area contributed by atoms with Crippen LogP contribution in [0.5, 0.6) is 0 Å². The van der Waals surface area contributed by atoms with Crippen LogP contribution in [-0.4, -0.2) is 44.4 Å². The van der Waals surface area contributed by atoms with Crippen molar-refractivity contribution in [3.05, 3.63) is 0 Å². The number of rotatable bonds is 6. The Bertz CT molecular complexity index is 360. The third-order valence-corrected chi connectivity index (χ3v) is 5.64. The van der Waals surface area contributed by atoms with Gasteiger partial charge in [-0.15, -0.1) is 0 Å². The second-order valence-corrected chi connectivity index (χ2v) is 7.18. The smallest absolute Gasteiger partial charge is 0.279 e. The van der Waals surface area contributed by atoms with Crippen LogP contribution in [-0.2, 0) is 10.2 Å². The monoisotopic (exact) mass is 275 g/mol. The summed E-state index contributed by atoms with van der Waals surface area (Å²) in [5.74, 6) is 0.595. The first-order valence-electron chi connectivity index (χ1n) is 7.03. The summed E-state index contributed by atoms with van der Waals surface area (Å²) in [5.41, 5.74) is 0. The molecule has 0 aromatic heterocycles. The highest BCUT2D eigenvalue weighted by Gasteiger charge is 2.34. The fraction of sp³-hybridized carbons (Fsp3) is 1.00. The lowest BCUT2D eigenvalue weighted by Crippen LogP contribution is -2.48. The van der Waals surface area contributed by atoms with E-state index in [0.29, 0.717) is 25.0 Å². The third kappa shape index (κ3) is 3.66. The molecule has 0 amide bonds. The summed E-state index contributed by atoms with van der Waals surface area (Å²) in [4.78, 5) is 0. The molecular formula is C12H25N3O2S. The Balaban J connectivity index is 1.82. The van der Waals surface area contributed by atoms with E-state index >= 15 is 0 Å². The first-order chi connectivity index (χ1) is 8.53. The Hall–Kier alpha value is -0.170. The molecule has 6 heteroatoms. The average molecular weight is 275 g/mol. The van der Waals surface area contributed by atoms with Crippen LogP contribution in [0.2, 0.25) is 0 Å². The van der Waals surface area contributed by atoms with Crippen LogP contribution < -0.4 is 10.0 Å². The molecule has 106 valence electrons. The quantitative estimate of drug-likeness (QED) is 0.750. The summed E-state index contributed by atoms with van der Waals surface area (Å²) in [7, 11) is -3.22. The maximum Gasteiger partial charge on any atom is 0.279 e. The van der Waals surface area contributed by atoms with Gasteiger partial charge in [0.1, 0.15) is 0 Å². The van der Waals surface area contributed by atoms with E-state index in [1.54, 1.807) is 4.31 Å². The molecule has 1 saturated carbocycles. The van der Waals surface area contributed by atoms with Gasteiger partial charge in [-0.3, -0.25) is 0 Å². The van der Waals surface area contributed by atoms with Crippen molar-refractivity contribution in [1.82, 2.24) is 14.3 Å². The molecule has 2 rings (SSSR count). The third-order valence-electron chi connectivity index (χ3n) is 3.96. The molecule has 1 saturated heterocycles. The van der Waals surface area contributed by atoms with Crippen molar-refractivity contribution in [1.29, 1.82) is 0 Å². The number of hydrogen-bond donors (Lipinski definition) is 2. The number of hydrogen-bond acceptors (Lipinski definition) is 3. The summed E-state index contributed by atoms with van der Waals surface area (Å²) in [5, 5.41) is 3.43. The Kier molecular flexibility index (Phi) is 4.64. The fourth-order valence-electron chi connectivity index (χ4n) is 2.59. The van der Waals surface area contributed by atoms with Gasteiger partial charge in [0, 0.05) is 25.2 Å². The van der Waals surface area contributed by atoms with Gasteiger partial charge in [-0.2, -0.15) is 17.4 Å². The maximum atomic E-state index is 12.0. The van der Waals surface area contributed by atoms with Crippen molar-refractivity contribution in [2.45, 2.75) is 51.6 Å². The molecule has 0 spiro atoms. The lowest BCUT2D eigenvalue weighted by atomic mass is 9.91. The van der Waals surface area contributed by atoms with Crippen molar-refractivity contribution >= 4 is 10.2 Å². The molecule has 0 aromatic carbocycles. The summed E-state index contributed by atoms with van der Waals surface area (Å²) in [6, 6.07) is 0.685. The molecule has 5 nitrogen and oxygen atoms in total. The van der Waals surface area contributed by atoms with Gasteiger partial charge in [0.2, 0.25) is 0 Å². The highest BCUT2D eigenvalue weighted by atomic mass is 32.2. The molecule has 0 radical (unpaired) electrons. The standard InChI is InChI=1S/C12H25N3O2S/c1-3-13-10(2)11-6-8-15(9-7-11)18(16,17)14-12-4-5-12/h10-14H,3-9H2,1-2H3. The van der Waals surface area contributed by atoms with Gasteiger partial charge in [0.25, 0.3) is 10.2 Å². The Labute approximate surface area is 110 Å². The van der Waals surface area contributed by atoms with Gasteiger partial charge in [-0.05, 0) is 45.1 Å². The van der Waals surface area contributed by atoms with Gasteiger partial charge in [0.05, 0.1) is 0 Å². The normalized spacial score (nSPS) is 25.2. The highest BCUT2D eigenvalue weighted by molar-refractivity contribution is 7.87. The topological polar surface area (TPSA) is 61.4 Å². The van der Waals surface area contributed by atoms with Crippen LogP contribution >= 0.6 is 0 Å². The largest absolute Gasteiger partial charge is 0.314 e. The van der Waals surface area contributed by atoms with E-state index in [1.165, 1.54) is 0 Å². The van der Waals surface area contributed by atoms with Crippen LogP contribution in [0.3, 0.4) is 0 Å². The van der Waals surface area contributed by atoms with Crippen LogP contribution in [0, 0.1) is 5.92 Å². The molecule has 2 N–H and O–H groups in total. The lowest BCUT2D eigenvalue weighted by Gasteiger charge is -2.34. The van der Waals surface area contributed by atoms with Crippen molar-refractivity contribution in [2.24, 2.45) is 5.92 Å². The number of nitrogens with zero attached hydrogens (tertiary/aromatic N) is 1. The van der Waals surface area contributed by atoms with Gasteiger partial charge in [0.15, 0.2) is 0 Å².